The summed E-state index contributed by atoms with van der Waals surface area (Å²) in [5, 5.41) is 28.9. The second kappa shape index (κ2) is 5.01. The van der Waals surface area contributed by atoms with Crippen LogP contribution in [0.3, 0.4) is 0 Å². The van der Waals surface area contributed by atoms with E-state index in [9.17, 15) is 20.0 Å². The Bertz CT molecular complexity index is 564. The van der Waals surface area contributed by atoms with Crippen LogP contribution in [0.4, 0.5) is 5.88 Å². The van der Waals surface area contributed by atoms with Crippen LogP contribution in [0.15, 0.2) is 22.1 Å². The number of likely N-dealkylation sites (N-methyl/N-ethyl adjacent to an activating group) is 1. The first kappa shape index (κ1) is 13.2. The SMILES string of the molecule is CN(C)C(=O)/C(C#N)=C(\O)c1ccc([N+](=O)[O-])o1. The van der Waals surface area contributed by atoms with Crippen molar-refractivity contribution in [3.05, 3.63) is 33.6 Å². The summed E-state index contributed by atoms with van der Waals surface area (Å²) in [5.41, 5.74) is -0.552. The Kier molecular flexibility index (Phi) is 3.68. The van der Waals surface area contributed by atoms with E-state index < -0.39 is 28.0 Å². The Hall–Kier alpha value is -2.82. The molecule has 0 saturated carbocycles. The number of hydrogen-bond acceptors (Lipinski definition) is 6. The van der Waals surface area contributed by atoms with Crippen LogP contribution in [0.25, 0.3) is 5.76 Å². The molecule has 0 aliphatic rings. The molecular formula is C10H9N3O5. The molecule has 0 bridgehead atoms. The van der Waals surface area contributed by atoms with E-state index in [2.05, 4.69) is 0 Å². The van der Waals surface area contributed by atoms with E-state index in [0.717, 1.165) is 17.0 Å². The van der Waals surface area contributed by atoms with Crippen LogP contribution in [-0.2, 0) is 4.79 Å². The zero-order chi connectivity index (χ0) is 13.9. The maximum absolute atomic E-state index is 11.5. The van der Waals surface area contributed by atoms with Gasteiger partial charge in [-0.3, -0.25) is 14.9 Å². The maximum atomic E-state index is 11.5. The van der Waals surface area contributed by atoms with Gasteiger partial charge in [0.25, 0.3) is 5.91 Å². The molecule has 0 aliphatic heterocycles. The molecule has 8 nitrogen and oxygen atoms in total. The molecule has 0 saturated heterocycles. The van der Waals surface area contributed by atoms with Crippen LogP contribution in [0.1, 0.15) is 5.76 Å². The third-order valence-corrected chi connectivity index (χ3v) is 1.97. The van der Waals surface area contributed by atoms with Crippen molar-refractivity contribution in [1.82, 2.24) is 4.90 Å². The topological polar surface area (TPSA) is 121 Å². The second-order valence-electron chi connectivity index (χ2n) is 3.43. The third kappa shape index (κ3) is 2.46. The van der Waals surface area contributed by atoms with Crippen LogP contribution < -0.4 is 0 Å². The number of rotatable bonds is 3. The van der Waals surface area contributed by atoms with Gasteiger partial charge in [-0.1, -0.05) is 0 Å². The molecule has 8 heteroatoms. The molecule has 0 fully saturated rings. The number of aliphatic hydroxyl groups is 1. The molecule has 18 heavy (non-hydrogen) atoms. The molecule has 1 aromatic heterocycles. The molecule has 94 valence electrons. The van der Waals surface area contributed by atoms with Crippen LogP contribution in [-0.4, -0.2) is 34.9 Å². The number of carbonyl (C=O) groups excluding carboxylic acids is 1. The minimum atomic E-state index is -0.795. The Morgan fingerprint density at radius 1 is 1.56 bits per heavy atom. The number of carbonyl (C=O) groups is 1. The molecule has 0 unspecified atom stereocenters. The van der Waals surface area contributed by atoms with Crippen LogP contribution in [0.2, 0.25) is 0 Å². The number of furan rings is 1. The third-order valence-electron chi connectivity index (χ3n) is 1.97. The van der Waals surface area contributed by atoms with E-state index in [0.29, 0.717) is 0 Å². The fourth-order valence-electron chi connectivity index (χ4n) is 1.10. The van der Waals surface area contributed by atoms with Gasteiger partial charge in [0.1, 0.15) is 11.0 Å². The first-order valence-corrected chi connectivity index (χ1v) is 4.68. The minimum absolute atomic E-state index is 0.312. The second-order valence-corrected chi connectivity index (χ2v) is 3.43. The predicted molar refractivity (Wildman–Crippen MR) is 59.2 cm³/mol. The molecule has 0 radical (unpaired) electrons. The van der Waals surface area contributed by atoms with E-state index in [-0.39, 0.29) is 5.76 Å². The number of nitro groups is 1. The predicted octanol–water partition coefficient (Wildman–Crippen LogP) is 1.07. The van der Waals surface area contributed by atoms with Gasteiger partial charge < -0.3 is 14.4 Å². The molecular weight excluding hydrogens is 242 g/mol. The van der Waals surface area contributed by atoms with Gasteiger partial charge in [-0.2, -0.15) is 5.26 Å². The summed E-state index contributed by atoms with van der Waals surface area (Å²) in [6, 6.07) is 3.65. The fourth-order valence-corrected chi connectivity index (χ4v) is 1.10. The number of nitriles is 1. The highest BCUT2D eigenvalue weighted by atomic mass is 16.6. The van der Waals surface area contributed by atoms with Crippen molar-refractivity contribution in [2.45, 2.75) is 0 Å². The average molecular weight is 251 g/mol. The van der Waals surface area contributed by atoms with Gasteiger partial charge in [0.05, 0.1) is 6.07 Å². The van der Waals surface area contributed by atoms with E-state index in [1.54, 1.807) is 0 Å². The summed E-state index contributed by atoms with van der Waals surface area (Å²) in [5.74, 6) is -2.36. The van der Waals surface area contributed by atoms with Gasteiger partial charge in [-0.15, -0.1) is 0 Å². The summed E-state index contributed by atoms with van der Waals surface area (Å²) in [7, 11) is 2.80. The molecule has 0 spiro atoms. The Labute approximate surface area is 101 Å². The lowest BCUT2D eigenvalue weighted by molar-refractivity contribution is -0.402. The first-order chi connectivity index (χ1) is 8.38. The molecule has 1 aromatic rings. The molecule has 0 aromatic carbocycles. The normalized spacial score (nSPS) is 11.4. The number of nitrogens with zero attached hydrogens (tertiary/aromatic N) is 3. The van der Waals surface area contributed by atoms with Gasteiger partial charge in [-0.05, 0) is 6.07 Å². The summed E-state index contributed by atoms with van der Waals surface area (Å²) < 4.78 is 4.69. The van der Waals surface area contributed by atoms with Crippen molar-refractivity contribution in [3.8, 4) is 6.07 Å². The van der Waals surface area contributed by atoms with E-state index in [4.69, 9.17) is 9.68 Å². The van der Waals surface area contributed by atoms with Crippen molar-refractivity contribution < 1.29 is 19.2 Å². The van der Waals surface area contributed by atoms with Gasteiger partial charge >= 0.3 is 5.88 Å². The highest BCUT2D eigenvalue weighted by Gasteiger charge is 2.22. The Morgan fingerprint density at radius 3 is 2.56 bits per heavy atom. The van der Waals surface area contributed by atoms with E-state index in [1.165, 1.54) is 20.2 Å². The lowest BCUT2D eigenvalue weighted by Crippen LogP contribution is -2.23. The molecule has 1 N–H and O–H groups in total. The van der Waals surface area contributed by atoms with Crippen LogP contribution in [0.5, 0.6) is 0 Å². The van der Waals surface area contributed by atoms with Crippen LogP contribution >= 0.6 is 0 Å². The summed E-state index contributed by atoms with van der Waals surface area (Å²) in [6.45, 7) is 0. The van der Waals surface area contributed by atoms with Crippen LogP contribution in [0, 0.1) is 21.4 Å². The lowest BCUT2D eigenvalue weighted by Gasteiger charge is -2.09. The van der Waals surface area contributed by atoms with E-state index >= 15 is 0 Å². The maximum Gasteiger partial charge on any atom is 0.433 e. The highest BCUT2D eigenvalue weighted by Crippen LogP contribution is 2.23. The van der Waals surface area contributed by atoms with Gasteiger partial charge in [0, 0.05) is 14.1 Å². The smallest absolute Gasteiger partial charge is 0.433 e. The first-order valence-electron chi connectivity index (χ1n) is 4.68. The fraction of sp³-hybridized carbons (Fsp3) is 0.200. The monoisotopic (exact) mass is 251 g/mol. The largest absolute Gasteiger partial charge is 0.503 e. The molecule has 1 amide bonds. The van der Waals surface area contributed by atoms with Gasteiger partial charge in [0.15, 0.2) is 17.1 Å². The quantitative estimate of drug-likeness (QED) is 0.282. The summed E-state index contributed by atoms with van der Waals surface area (Å²) >= 11 is 0. The molecule has 0 aliphatic carbocycles. The van der Waals surface area contributed by atoms with Crippen molar-refractivity contribution in [3.63, 3.8) is 0 Å². The zero-order valence-corrected chi connectivity index (χ0v) is 9.58. The Morgan fingerprint density at radius 2 is 2.17 bits per heavy atom. The Balaban J connectivity index is 3.24. The number of aliphatic hydroxyl groups excluding tert-OH is 1. The number of amides is 1. The van der Waals surface area contributed by atoms with Gasteiger partial charge in [-0.25, -0.2) is 0 Å². The summed E-state index contributed by atoms with van der Waals surface area (Å²) in [6.07, 6.45) is 0. The molecule has 1 rings (SSSR count). The summed E-state index contributed by atoms with van der Waals surface area (Å²) in [4.78, 5) is 22.2. The lowest BCUT2D eigenvalue weighted by atomic mass is 10.2. The number of hydrogen-bond donors (Lipinski definition) is 1. The van der Waals surface area contributed by atoms with Crippen molar-refractivity contribution in [2.75, 3.05) is 14.1 Å². The van der Waals surface area contributed by atoms with Crippen molar-refractivity contribution in [2.24, 2.45) is 0 Å². The average Bonchev–Trinajstić information content (AvgIpc) is 2.78. The highest BCUT2D eigenvalue weighted by molar-refractivity contribution is 6.02. The minimum Gasteiger partial charge on any atom is -0.503 e. The van der Waals surface area contributed by atoms with Crippen molar-refractivity contribution in [1.29, 1.82) is 5.26 Å². The van der Waals surface area contributed by atoms with E-state index in [1.807, 2.05) is 0 Å². The molecule has 0 atom stereocenters. The standard InChI is InChI=1S/C10H9N3O5/c1-12(2)10(15)6(5-11)9(14)7-3-4-8(18-7)13(16)17/h3-4,14H,1-2H3/b9-6-. The molecule has 1 heterocycles. The van der Waals surface area contributed by atoms with Gasteiger partial charge in [0.2, 0.25) is 0 Å². The van der Waals surface area contributed by atoms with Crippen molar-refractivity contribution >= 4 is 17.6 Å². The zero-order valence-electron chi connectivity index (χ0n) is 9.58.